The van der Waals surface area contributed by atoms with Crippen LogP contribution in [0.1, 0.15) is 26.7 Å². The number of amides is 1. The molecule has 0 spiro atoms. The Bertz CT molecular complexity index is 215. The molecule has 0 aliphatic carbocycles. The third-order valence-corrected chi connectivity index (χ3v) is 4.05. The van der Waals surface area contributed by atoms with E-state index in [-0.39, 0.29) is 5.91 Å². The van der Waals surface area contributed by atoms with Crippen LogP contribution in [-0.4, -0.2) is 48.5 Å². The van der Waals surface area contributed by atoms with Gasteiger partial charge in [-0.05, 0) is 37.3 Å². The molecule has 0 aromatic rings. The molecule has 3 nitrogen and oxygen atoms in total. The molecular formula is C12H24N2OS. The van der Waals surface area contributed by atoms with Crippen LogP contribution in [0.3, 0.4) is 0 Å². The number of thioether (sulfide) groups is 1. The maximum absolute atomic E-state index is 11.2. The number of hydrogen-bond donors (Lipinski definition) is 1. The molecule has 0 bridgehead atoms. The lowest BCUT2D eigenvalue weighted by molar-refractivity contribution is -0.129. The average molecular weight is 244 g/mol. The van der Waals surface area contributed by atoms with Gasteiger partial charge in [-0.1, -0.05) is 6.92 Å². The molecule has 1 rings (SSSR count). The Labute approximate surface area is 103 Å². The van der Waals surface area contributed by atoms with Crippen LogP contribution in [0.4, 0.5) is 0 Å². The Balaban J connectivity index is 2.14. The first kappa shape index (κ1) is 13.8. The first-order chi connectivity index (χ1) is 7.63. The Morgan fingerprint density at radius 1 is 1.50 bits per heavy atom. The van der Waals surface area contributed by atoms with Gasteiger partial charge in [0, 0.05) is 26.1 Å². The second-order valence-corrected chi connectivity index (χ2v) is 5.66. The van der Waals surface area contributed by atoms with Crippen molar-refractivity contribution in [2.24, 2.45) is 5.92 Å². The minimum Gasteiger partial charge on any atom is -0.343 e. The number of nitrogens with one attached hydrogen (secondary N) is 1. The van der Waals surface area contributed by atoms with Gasteiger partial charge >= 0.3 is 0 Å². The Morgan fingerprint density at radius 3 is 2.62 bits per heavy atom. The SMILES string of the molecule is CSCC(C)CNC1CCN(C(C)=O)CC1. The summed E-state index contributed by atoms with van der Waals surface area (Å²) in [5.41, 5.74) is 0. The van der Waals surface area contributed by atoms with E-state index in [0.717, 1.165) is 38.4 Å². The lowest BCUT2D eigenvalue weighted by Gasteiger charge is -2.32. The number of rotatable bonds is 5. The highest BCUT2D eigenvalue weighted by Crippen LogP contribution is 2.11. The summed E-state index contributed by atoms with van der Waals surface area (Å²) >= 11 is 1.91. The monoisotopic (exact) mass is 244 g/mol. The Morgan fingerprint density at radius 2 is 2.12 bits per heavy atom. The first-order valence-electron chi connectivity index (χ1n) is 6.11. The van der Waals surface area contributed by atoms with Gasteiger partial charge in [0.1, 0.15) is 0 Å². The van der Waals surface area contributed by atoms with Crippen molar-refractivity contribution in [1.82, 2.24) is 10.2 Å². The summed E-state index contributed by atoms with van der Waals surface area (Å²) in [5.74, 6) is 2.18. The fourth-order valence-electron chi connectivity index (χ4n) is 2.11. The number of likely N-dealkylation sites (tertiary alicyclic amines) is 1. The molecule has 0 aromatic carbocycles. The second-order valence-electron chi connectivity index (χ2n) is 4.75. The van der Waals surface area contributed by atoms with Crippen LogP contribution in [0.25, 0.3) is 0 Å². The number of piperidine rings is 1. The summed E-state index contributed by atoms with van der Waals surface area (Å²) in [4.78, 5) is 13.1. The molecule has 1 unspecified atom stereocenters. The molecule has 1 atom stereocenters. The number of hydrogen-bond acceptors (Lipinski definition) is 3. The van der Waals surface area contributed by atoms with E-state index < -0.39 is 0 Å². The van der Waals surface area contributed by atoms with Gasteiger partial charge < -0.3 is 10.2 Å². The Hall–Kier alpha value is -0.220. The summed E-state index contributed by atoms with van der Waals surface area (Å²) in [7, 11) is 0. The van der Waals surface area contributed by atoms with Gasteiger partial charge in [0.05, 0.1) is 0 Å². The van der Waals surface area contributed by atoms with Crippen molar-refractivity contribution in [3.63, 3.8) is 0 Å². The standard InChI is InChI=1S/C12H24N2OS/c1-10(9-16-3)8-13-12-4-6-14(7-5-12)11(2)15/h10,12-13H,4-9H2,1-3H3. The second kappa shape index (κ2) is 7.17. The number of nitrogens with zero attached hydrogens (tertiary/aromatic N) is 1. The van der Waals surface area contributed by atoms with Gasteiger partial charge in [-0.15, -0.1) is 0 Å². The van der Waals surface area contributed by atoms with Crippen molar-refractivity contribution in [2.75, 3.05) is 31.6 Å². The fourth-order valence-corrected chi connectivity index (χ4v) is 2.80. The van der Waals surface area contributed by atoms with Gasteiger partial charge in [0.15, 0.2) is 0 Å². The molecule has 0 aromatic heterocycles. The smallest absolute Gasteiger partial charge is 0.219 e. The zero-order valence-corrected chi connectivity index (χ0v) is 11.5. The van der Waals surface area contributed by atoms with Crippen LogP contribution in [0.15, 0.2) is 0 Å². The maximum Gasteiger partial charge on any atom is 0.219 e. The van der Waals surface area contributed by atoms with E-state index in [1.54, 1.807) is 6.92 Å². The van der Waals surface area contributed by atoms with E-state index >= 15 is 0 Å². The molecule has 94 valence electrons. The molecule has 1 saturated heterocycles. The first-order valence-corrected chi connectivity index (χ1v) is 7.50. The molecule has 0 radical (unpaired) electrons. The summed E-state index contributed by atoms with van der Waals surface area (Å²) in [6.07, 6.45) is 4.36. The zero-order valence-electron chi connectivity index (χ0n) is 10.7. The van der Waals surface area contributed by atoms with Crippen molar-refractivity contribution in [3.8, 4) is 0 Å². The van der Waals surface area contributed by atoms with Crippen molar-refractivity contribution in [1.29, 1.82) is 0 Å². The highest BCUT2D eigenvalue weighted by atomic mass is 32.2. The number of carbonyl (C=O) groups excluding carboxylic acids is 1. The van der Waals surface area contributed by atoms with Gasteiger partial charge in [0.25, 0.3) is 0 Å². The maximum atomic E-state index is 11.2. The van der Waals surface area contributed by atoms with E-state index in [1.807, 2.05) is 16.7 Å². The summed E-state index contributed by atoms with van der Waals surface area (Å²) in [6.45, 7) is 6.89. The van der Waals surface area contributed by atoms with Crippen LogP contribution in [0.2, 0.25) is 0 Å². The fraction of sp³-hybridized carbons (Fsp3) is 0.917. The highest BCUT2D eigenvalue weighted by molar-refractivity contribution is 7.98. The highest BCUT2D eigenvalue weighted by Gasteiger charge is 2.20. The van der Waals surface area contributed by atoms with Crippen LogP contribution >= 0.6 is 11.8 Å². The molecule has 1 amide bonds. The van der Waals surface area contributed by atoms with Crippen LogP contribution in [0.5, 0.6) is 0 Å². The van der Waals surface area contributed by atoms with Gasteiger partial charge in [-0.3, -0.25) is 4.79 Å². The minimum absolute atomic E-state index is 0.217. The molecule has 1 fully saturated rings. The predicted molar refractivity (Wildman–Crippen MR) is 70.8 cm³/mol. The number of carbonyl (C=O) groups is 1. The van der Waals surface area contributed by atoms with E-state index in [2.05, 4.69) is 18.5 Å². The molecule has 1 N–H and O–H groups in total. The lowest BCUT2D eigenvalue weighted by Crippen LogP contribution is -2.45. The molecule has 1 heterocycles. The molecule has 16 heavy (non-hydrogen) atoms. The topological polar surface area (TPSA) is 32.3 Å². The third kappa shape index (κ3) is 4.74. The van der Waals surface area contributed by atoms with Crippen LogP contribution < -0.4 is 5.32 Å². The summed E-state index contributed by atoms with van der Waals surface area (Å²) in [6, 6.07) is 0.611. The third-order valence-electron chi connectivity index (χ3n) is 3.15. The molecular weight excluding hydrogens is 220 g/mol. The van der Waals surface area contributed by atoms with E-state index in [9.17, 15) is 4.79 Å². The van der Waals surface area contributed by atoms with Crippen LogP contribution in [-0.2, 0) is 4.79 Å². The summed E-state index contributed by atoms with van der Waals surface area (Å²) < 4.78 is 0. The van der Waals surface area contributed by atoms with Crippen molar-refractivity contribution in [3.05, 3.63) is 0 Å². The molecule has 1 aliphatic heterocycles. The van der Waals surface area contributed by atoms with Gasteiger partial charge in [-0.25, -0.2) is 0 Å². The van der Waals surface area contributed by atoms with E-state index in [4.69, 9.17) is 0 Å². The molecule has 0 saturated carbocycles. The van der Waals surface area contributed by atoms with Crippen molar-refractivity contribution < 1.29 is 4.79 Å². The Kier molecular flexibility index (Phi) is 6.21. The summed E-state index contributed by atoms with van der Waals surface area (Å²) in [5, 5.41) is 3.61. The predicted octanol–water partition coefficient (Wildman–Crippen LogP) is 1.59. The molecule has 1 aliphatic rings. The largest absolute Gasteiger partial charge is 0.343 e. The van der Waals surface area contributed by atoms with Gasteiger partial charge in [0.2, 0.25) is 5.91 Å². The van der Waals surface area contributed by atoms with E-state index in [0.29, 0.717) is 6.04 Å². The van der Waals surface area contributed by atoms with Crippen LogP contribution in [0, 0.1) is 5.92 Å². The quantitative estimate of drug-likeness (QED) is 0.797. The lowest BCUT2D eigenvalue weighted by atomic mass is 10.0. The minimum atomic E-state index is 0.217. The normalized spacial score (nSPS) is 19.8. The average Bonchev–Trinajstić information content (AvgIpc) is 2.27. The van der Waals surface area contributed by atoms with Crippen molar-refractivity contribution in [2.45, 2.75) is 32.7 Å². The van der Waals surface area contributed by atoms with E-state index in [1.165, 1.54) is 5.75 Å². The van der Waals surface area contributed by atoms with Crippen molar-refractivity contribution >= 4 is 17.7 Å². The molecule has 4 heteroatoms. The van der Waals surface area contributed by atoms with Gasteiger partial charge in [-0.2, -0.15) is 11.8 Å². The zero-order chi connectivity index (χ0) is 12.0.